The quantitative estimate of drug-likeness (QED) is 0.754. The highest BCUT2D eigenvalue weighted by molar-refractivity contribution is 6.99. The maximum Gasteiger partial charge on any atom is 0.0747 e. The van der Waals surface area contributed by atoms with Gasteiger partial charge in [-0.15, -0.1) is 0 Å². The van der Waals surface area contributed by atoms with Gasteiger partial charge in [0.15, 0.2) is 0 Å². The summed E-state index contributed by atoms with van der Waals surface area (Å²) in [4.78, 5) is 0. The molecule has 1 aliphatic rings. The molecule has 0 bridgehead atoms. The van der Waals surface area contributed by atoms with Crippen molar-refractivity contribution in [2.45, 2.75) is 18.9 Å². The summed E-state index contributed by atoms with van der Waals surface area (Å²) >= 11 is 1.21. The molecule has 0 saturated carbocycles. The Bertz CT molecular complexity index is 253. The SMILES string of the molecule is OC1CCOCC1Cc1cnsn1. The van der Waals surface area contributed by atoms with Gasteiger partial charge in [-0.25, -0.2) is 0 Å². The highest BCUT2D eigenvalue weighted by Gasteiger charge is 2.24. The fourth-order valence-electron chi connectivity index (χ4n) is 1.52. The van der Waals surface area contributed by atoms with Gasteiger partial charge in [0.25, 0.3) is 0 Å². The van der Waals surface area contributed by atoms with E-state index in [9.17, 15) is 5.11 Å². The van der Waals surface area contributed by atoms with Crippen LogP contribution in [0.25, 0.3) is 0 Å². The number of nitrogens with zero attached hydrogens (tertiary/aromatic N) is 2. The summed E-state index contributed by atoms with van der Waals surface area (Å²) in [5.74, 6) is 0.192. The number of rotatable bonds is 2. The molecule has 2 atom stereocenters. The Morgan fingerprint density at radius 2 is 2.62 bits per heavy atom. The topological polar surface area (TPSA) is 55.2 Å². The minimum atomic E-state index is -0.240. The summed E-state index contributed by atoms with van der Waals surface area (Å²) in [5.41, 5.74) is 0.958. The first kappa shape index (κ1) is 9.05. The second-order valence-electron chi connectivity index (χ2n) is 3.29. The molecule has 1 saturated heterocycles. The largest absolute Gasteiger partial charge is 0.393 e. The van der Waals surface area contributed by atoms with Gasteiger partial charge in [0.2, 0.25) is 0 Å². The lowest BCUT2D eigenvalue weighted by Crippen LogP contribution is -2.33. The molecule has 1 aliphatic heterocycles. The van der Waals surface area contributed by atoms with Crippen LogP contribution < -0.4 is 0 Å². The number of hydrogen-bond donors (Lipinski definition) is 1. The summed E-state index contributed by atoms with van der Waals surface area (Å²) < 4.78 is 13.3. The van der Waals surface area contributed by atoms with Crippen LogP contribution in [-0.2, 0) is 11.2 Å². The zero-order valence-electron chi connectivity index (χ0n) is 7.22. The molecule has 5 heteroatoms. The zero-order valence-corrected chi connectivity index (χ0v) is 8.04. The Hall–Kier alpha value is -0.520. The summed E-state index contributed by atoms with van der Waals surface area (Å²) in [6, 6.07) is 0. The van der Waals surface area contributed by atoms with E-state index in [2.05, 4.69) is 8.75 Å². The first-order valence-electron chi connectivity index (χ1n) is 4.38. The van der Waals surface area contributed by atoms with Crippen LogP contribution >= 0.6 is 11.7 Å². The first-order valence-corrected chi connectivity index (χ1v) is 5.11. The Morgan fingerprint density at radius 1 is 1.69 bits per heavy atom. The number of ether oxygens (including phenoxy) is 1. The van der Waals surface area contributed by atoms with E-state index >= 15 is 0 Å². The third kappa shape index (κ3) is 2.24. The molecule has 1 fully saturated rings. The van der Waals surface area contributed by atoms with Crippen LogP contribution in [0.2, 0.25) is 0 Å². The number of aliphatic hydroxyl groups excluding tert-OH is 1. The smallest absolute Gasteiger partial charge is 0.0747 e. The van der Waals surface area contributed by atoms with Crippen molar-refractivity contribution in [3.8, 4) is 0 Å². The predicted molar refractivity (Wildman–Crippen MR) is 48.5 cm³/mol. The van der Waals surface area contributed by atoms with E-state index in [0.29, 0.717) is 13.2 Å². The molecule has 0 aromatic carbocycles. The standard InChI is InChI=1S/C8H12N2O2S/c11-8-1-2-12-5-6(8)3-7-4-9-13-10-7/h4,6,8,11H,1-3,5H2. The monoisotopic (exact) mass is 200 g/mol. The lowest BCUT2D eigenvalue weighted by Gasteiger charge is -2.26. The molecule has 0 aliphatic carbocycles. The molecule has 0 amide bonds. The fourth-order valence-corrected chi connectivity index (χ4v) is 1.97. The van der Waals surface area contributed by atoms with E-state index in [4.69, 9.17) is 4.74 Å². The molecule has 1 aromatic rings. The van der Waals surface area contributed by atoms with Crippen molar-refractivity contribution >= 4 is 11.7 Å². The lowest BCUT2D eigenvalue weighted by atomic mass is 9.94. The van der Waals surface area contributed by atoms with Crippen molar-refractivity contribution in [3.63, 3.8) is 0 Å². The highest BCUT2D eigenvalue weighted by atomic mass is 32.1. The van der Waals surface area contributed by atoms with Crippen molar-refractivity contribution in [1.82, 2.24) is 8.75 Å². The maximum absolute atomic E-state index is 9.64. The van der Waals surface area contributed by atoms with Crippen molar-refractivity contribution in [2.75, 3.05) is 13.2 Å². The molecular formula is C8H12N2O2S. The predicted octanol–water partition coefficient (Wildman–Crippen LogP) is 0.478. The molecule has 1 N–H and O–H groups in total. The molecule has 1 aromatic heterocycles. The molecule has 13 heavy (non-hydrogen) atoms. The van der Waals surface area contributed by atoms with Crippen LogP contribution in [-0.4, -0.2) is 33.2 Å². The first-order chi connectivity index (χ1) is 6.36. The van der Waals surface area contributed by atoms with Crippen LogP contribution in [0.5, 0.6) is 0 Å². The van der Waals surface area contributed by atoms with Gasteiger partial charge in [0, 0.05) is 12.5 Å². The van der Waals surface area contributed by atoms with E-state index < -0.39 is 0 Å². The Kier molecular flexibility index (Phi) is 2.87. The van der Waals surface area contributed by atoms with Gasteiger partial charge in [0.1, 0.15) is 0 Å². The average molecular weight is 200 g/mol. The molecule has 0 spiro atoms. The Balaban J connectivity index is 1.93. The molecular weight excluding hydrogens is 188 g/mol. The fraction of sp³-hybridized carbons (Fsp3) is 0.750. The van der Waals surface area contributed by atoms with Crippen LogP contribution in [0, 0.1) is 5.92 Å². The van der Waals surface area contributed by atoms with Crippen molar-refractivity contribution < 1.29 is 9.84 Å². The van der Waals surface area contributed by atoms with Gasteiger partial charge in [-0.3, -0.25) is 0 Å². The normalized spacial score (nSPS) is 29.0. The maximum atomic E-state index is 9.64. The van der Waals surface area contributed by atoms with Crippen molar-refractivity contribution in [1.29, 1.82) is 0 Å². The van der Waals surface area contributed by atoms with Crippen molar-refractivity contribution in [3.05, 3.63) is 11.9 Å². The molecule has 2 unspecified atom stereocenters. The Labute approximate surface area is 80.9 Å². The third-order valence-corrected chi connectivity index (χ3v) is 2.83. The van der Waals surface area contributed by atoms with Crippen molar-refractivity contribution in [2.24, 2.45) is 5.92 Å². The molecule has 2 heterocycles. The molecule has 4 nitrogen and oxygen atoms in total. The number of aliphatic hydroxyl groups is 1. The van der Waals surface area contributed by atoms with Gasteiger partial charge in [-0.2, -0.15) is 8.75 Å². The van der Waals surface area contributed by atoms with E-state index in [0.717, 1.165) is 18.5 Å². The molecule has 0 radical (unpaired) electrons. The summed E-state index contributed by atoms with van der Waals surface area (Å²) in [6.07, 6.45) is 3.03. The third-order valence-electron chi connectivity index (χ3n) is 2.31. The average Bonchev–Trinajstić information content (AvgIpc) is 2.61. The zero-order chi connectivity index (χ0) is 9.10. The van der Waals surface area contributed by atoms with Crippen LogP contribution in [0.15, 0.2) is 6.20 Å². The van der Waals surface area contributed by atoms with Gasteiger partial charge in [-0.1, -0.05) is 0 Å². The van der Waals surface area contributed by atoms with Crippen LogP contribution in [0.1, 0.15) is 12.1 Å². The number of hydrogen-bond acceptors (Lipinski definition) is 5. The summed E-state index contributed by atoms with van der Waals surface area (Å²) in [6.45, 7) is 1.31. The second kappa shape index (κ2) is 4.13. The molecule has 2 rings (SSSR count). The minimum absolute atomic E-state index is 0.192. The number of aromatic nitrogens is 2. The summed E-state index contributed by atoms with van der Waals surface area (Å²) in [5, 5.41) is 9.64. The van der Waals surface area contributed by atoms with Gasteiger partial charge < -0.3 is 9.84 Å². The second-order valence-corrected chi connectivity index (χ2v) is 3.85. The van der Waals surface area contributed by atoms with Gasteiger partial charge in [0.05, 0.1) is 36.3 Å². The van der Waals surface area contributed by atoms with Gasteiger partial charge in [-0.05, 0) is 12.8 Å². The van der Waals surface area contributed by atoms with Gasteiger partial charge >= 0.3 is 0 Å². The van der Waals surface area contributed by atoms with Crippen LogP contribution in [0.4, 0.5) is 0 Å². The lowest BCUT2D eigenvalue weighted by molar-refractivity contribution is -0.0353. The van der Waals surface area contributed by atoms with E-state index in [-0.39, 0.29) is 12.0 Å². The summed E-state index contributed by atoms with van der Waals surface area (Å²) in [7, 11) is 0. The van der Waals surface area contributed by atoms with E-state index in [1.807, 2.05) is 0 Å². The van der Waals surface area contributed by atoms with E-state index in [1.54, 1.807) is 6.20 Å². The Morgan fingerprint density at radius 3 is 3.31 bits per heavy atom. The van der Waals surface area contributed by atoms with Crippen LogP contribution in [0.3, 0.4) is 0 Å². The van der Waals surface area contributed by atoms with E-state index in [1.165, 1.54) is 11.7 Å². The highest BCUT2D eigenvalue weighted by Crippen LogP contribution is 2.18. The molecule has 72 valence electrons. The minimum Gasteiger partial charge on any atom is -0.393 e.